The highest BCUT2D eigenvalue weighted by Crippen LogP contribution is 2.36. The van der Waals surface area contributed by atoms with Crippen molar-refractivity contribution in [2.75, 3.05) is 5.73 Å². The Bertz CT molecular complexity index is 929. The highest BCUT2D eigenvalue weighted by atomic mass is 32.1. The van der Waals surface area contributed by atoms with Gasteiger partial charge in [-0.3, -0.25) is 4.79 Å². The van der Waals surface area contributed by atoms with E-state index in [9.17, 15) is 4.79 Å². The SMILES string of the molecule is C[C@@H]1CCc2c(sc3nc(-c4cc(N)ncn4)[nH]c(=O)c23)C1. The standard InChI is InChI=1S/C15H15N5OS/c1-7-2-3-8-10(4-7)22-15-12(8)14(21)19-13(20-15)9-5-11(16)18-6-17-9/h5-7H,2-4H2,1H3,(H2,16,17,18)(H,19,20,21)/t7-/m1/s1. The number of anilines is 1. The lowest BCUT2D eigenvalue weighted by atomic mass is 9.89. The van der Waals surface area contributed by atoms with Crippen LogP contribution in [0.3, 0.4) is 0 Å². The number of nitrogen functional groups attached to an aromatic ring is 1. The topological polar surface area (TPSA) is 97.5 Å². The fourth-order valence-corrected chi connectivity index (χ4v) is 4.36. The molecule has 1 atom stereocenters. The molecule has 6 nitrogen and oxygen atoms in total. The number of hydrogen-bond donors (Lipinski definition) is 2. The fraction of sp³-hybridized carbons (Fsp3) is 0.333. The Balaban J connectivity index is 1.92. The van der Waals surface area contributed by atoms with Crippen LogP contribution in [0, 0.1) is 5.92 Å². The lowest BCUT2D eigenvalue weighted by Crippen LogP contribution is -2.13. The van der Waals surface area contributed by atoms with E-state index in [2.05, 4.69) is 26.9 Å². The number of aryl methyl sites for hydroxylation is 1. The van der Waals surface area contributed by atoms with E-state index >= 15 is 0 Å². The minimum absolute atomic E-state index is 0.0933. The van der Waals surface area contributed by atoms with Gasteiger partial charge in [-0.1, -0.05) is 6.92 Å². The Kier molecular flexibility index (Phi) is 2.97. The predicted molar refractivity (Wildman–Crippen MR) is 86.9 cm³/mol. The van der Waals surface area contributed by atoms with Crippen LogP contribution in [0.25, 0.3) is 21.7 Å². The fourth-order valence-electron chi connectivity index (χ4n) is 2.97. The Labute approximate surface area is 130 Å². The molecule has 112 valence electrons. The second-order valence-electron chi connectivity index (χ2n) is 5.77. The highest BCUT2D eigenvalue weighted by molar-refractivity contribution is 7.18. The van der Waals surface area contributed by atoms with E-state index in [1.807, 2.05) is 0 Å². The number of H-pyrrole nitrogens is 1. The summed E-state index contributed by atoms with van der Waals surface area (Å²) in [6, 6.07) is 1.61. The Hall–Kier alpha value is -2.28. The van der Waals surface area contributed by atoms with Crippen molar-refractivity contribution in [1.82, 2.24) is 19.9 Å². The lowest BCUT2D eigenvalue weighted by molar-refractivity contribution is 0.509. The summed E-state index contributed by atoms with van der Waals surface area (Å²) in [5.74, 6) is 1.46. The van der Waals surface area contributed by atoms with Crippen LogP contribution in [0.1, 0.15) is 23.8 Å². The third-order valence-corrected chi connectivity index (χ3v) is 5.24. The summed E-state index contributed by atoms with van der Waals surface area (Å²) in [5.41, 5.74) is 7.29. The van der Waals surface area contributed by atoms with Crippen LogP contribution in [0.15, 0.2) is 17.2 Å². The van der Waals surface area contributed by atoms with Gasteiger partial charge in [0, 0.05) is 10.9 Å². The van der Waals surface area contributed by atoms with E-state index in [-0.39, 0.29) is 5.56 Å². The predicted octanol–water partition coefficient (Wildman–Crippen LogP) is 2.15. The van der Waals surface area contributed by atoms with Gasteiger partial charge in [0.2, 0.25) is 0 Å². The van der Waals surface area contributed by atoms with Gasteiger partial charge in [0.1, 0.15) is 22.7 Å². The van der Waals surface area contributed by atoms with Gasteiger partial charge >= 0.3 is 0 Å². The van der Waals surface area contributed by atoms with Gasteiger partial charge in [-0.15, -0.1) is 11.3 Å². The van der Waals surface area contributed by atoms with Gasteiger partial charge < -0.3 is 10.7 Å². The number of nitrogens with one attached hydrogen (secondary N) is 1. The molecule has 3 aromatic rings. The first-order valence-corrected chi connectivity index (χ1v) is 8.06. The molecule has 0 aromatic carbocycles. The quantitative estimate of drug-likeness (QED) is 0.717. The molecule has 1 aliphatic carbocycles. The summed E-state index contributed by atoms with van der Waals surface area (Å²) in [6.07, 6.45) is 4.49. The van der Waals surface area contributed by atoms with E-state index < -0.39 is 0 Å². The smallest absolute Gasteiger partial charge is 0.260 e. The average molecular weight is 313 g/mol. The third kappa shape index (κ3) is 2.09. The zero-order chi connectivity index (χ0) is 15.3. The number of nitrogens with zero attached hydrogens (tertiary/aromatic N) is 3. The molecule has 4 rings (SSSR count). The van der Waals surface area contributed by atoms with Crippen molar-refractivity contribution in [3.8, 4) is 11.5 Å². The zero-order valence-electron chi connectivity index (χ0n) is 12.1. The van der Waals surface area contributed by atoms with Crippen LogP contribution in [0.2, 0.25) is 0 Å². The van der Waals surface area contributed by atoms with Crippen LogP contribution < -0.4 is 11.3 Å². The van der Waals surface area contributed by atoms with E-state index in [0.29, 0.717) is 23.3 Å². The van der Waals surface area contributed by atoms with Gasteiger partial charge in [-0.05, 0) is 30.7 Å². The molecule has 0 saturated carbocycles. The first-order valence-electron chi connectivity index (χ1n) is 7.24. The van der Waals surface area contributed by atoms with Gasteiger partial charge in [-0.2, -0.15) is 0 Å². The van der Waals surface area contributed by atoms with Crippen molar-refractivity contribution in [3.05, 3.63) is 33.2 Å². The normalized spacial score (nSPS) is 17.6. The number of aromatic nitrogens is 4. The number of thiophene rings is 1. The zero-order valence-corrected chi connectivity index (χ0v) is 12.9. The minimum atomic E-state index is -0.0933. The summed E-state index contributed by atoms with van der Waals surface area (Å²) >= 11 is 1.62. The number of fused-ring (bicyclic) bond motifs is 3. The lowest BCUT2D eigenvalue weighted by Gasteiger charge is -2.17. The van der Waals surface area contributed by atoms with E-state index in [0.717, 1.165) is 29.5 Å². The van der Waals surface area contributed by atoms with Gasteiger partial charge in [0.05, 0.1) is 5.39 Å². The van der Waals surface area contributed by atoms with Crippen LogP contribution in [0.4, 0.5) is 5.82 Å². The van der Waals surface area contributed by atoms with Crippen molar-refractivity contribution in [2.24, 2.45) is 5.92 Å². The summed E-state index contributed by atoms with van der Waals surface area (Å²) < 4.78 is 0. The maximum atomic E-state index is 12.5. The maximum Gasteiger partial charge on any atom is 0.260 e. The second kappa shape index (κ2) is 4.88. The molecular formula is C15H15N5OS. The van der Waals surface area contributed by atoms with Crippen LogP contribution in [-0.2, 0) is 12.8 Å². The average Bonchev–Trinajstić information content (AvgIpc) is 2.84. The molecule has 7 heteroatoms. The molecule has 0 aliphatic heterocycles. The van der Waals surface area contributed by atoms with Crippen molar-refractivity contribution in [3.63, 3.8) is 0 Å². The summed E-state index contributed by atoms with van der Waals surface area (Å²) in [5, 5.41) is 0.748. The van der Waals surface area contributed by atoms with Crippen molar-refractivity contribution in [2.45, 2.75) is 26.2 Å². The molecule has 22 heavy (non-hydrogen) atoms. The first-order chi connectivity index (χ1) is 10.6. The van der Waals surface area contributed by atoms with Gasteiger partial charge in [0.15, 0.2) is 5.82 Å². The third-order valence-electron chi connectivity index (χ3n) is 4.10. The van der Waals surface area contributed by atoms with Gasteiger partial charge in [0.25, 0.3) is 5.56 Å². The molecular weight excluding hydrogens is 298 g/mol. The van der Waals surface area contributed by atoms with Crippen LogP contribution in [-0.4, -0.2) is 19.9 Å². The summed E-state index contributed by atoms with van der Waals surface area (Å²) in [4.78, 5) is 30.0. The van der Waals surface area contributed by atoms with Crippen LogP contribution >= 0.6 is 11.3 Å². The van der Waals surface area contributed by atoms with E-state index in [1.165, 1.54) is 16.8 Å². The van der Waals surface area contributed by atoms with Crippen molar-refractivity contribution >= 4 is 27.4 Å². The highest BCUT2D eigenvalue weighted by Gasteiger charge is 2.23. The molecule has 0 unspecified atom stereocenters. The molecule has 0 saturated heterocycles. The molecule has 0 spiro atoms. The Morgan fingerprint density at radius 2 is 2.27 bits per heavy atom. The molecule has 3 heterocycles. The minimum Gasteiger partial charge on any atom is -0.384 e. The molecule has 3 N–H and O–H groups in total. The molecule has 0 fully saturated rings. The van der Waals surface area contributed by atoms with Gasteiger partial charge in [-0.25, -0.2) is 15.0 Å². The summed E-state index contributed by atoms with van der Waals surface area (Å²) in [7, 11) is 0. The molecule has 1 aliphatic rings. The molecule has 3 aromatic heterocycles. The second-order valence-corrected chi connectivity index (χ2v) is 6.86. The number of rotatable bonds is 1. The van der Waals surface area contributed by atoms with E-state index in [1.54, 1.807) is 17.4 Å². The number of aromatic amines is 1. The maximum absolute atomic E-state index is 12.5. The first kappa shape index (κ1) is 13.4. The molecule has 0 amide bonds. The number of nitrogens with two attached hydrogens (primary N) is 1. The van der Waals surface area contributed by atoms with Crippen LogP contribution in [0.5, 0.6) is 0 Å². The van der Waals surface area contributed by atoms with Crippen molar-refractivity contribution in [1.29, 1.82) is 0 Å². The summed E-state index contributed by atoms with van der Waals surface area (Å²) in [6.45, 7) is 2.25. The number of hydrogen-bond acceptors (Lipinski definition) is 6. The Morgan fingerprint density at radius 1 is 1.41 bits per heavy atom. The monoisotopic (exact) mass is 313 g/mol. The largest absolute Gasteiger partial charge is 0.384 e. The van der Waals surface area contributed by atoms with E-state index in [4.69, 9.17) is 5.73 Å². The molecule has 0 radical (unpaired) electrons. The molecule has 0 bridgehead atoms. The Morgan fingerprint density at radius 3 is 3.09 bits per heavy atom. The van der Waals surface area contributed by atoms with Crippen molar-refractivity contribution < 1.29 is 0 Å².